The molecule has 2 aromatic heterocycles. The molecule has 10 heteroatoms. The Morgan fingerprint density at radius 1 is 1.10 bits per heavy atom. The van der Waals surface area contributed by atoms with Crippen LogP contribution in [0.3, 0.4) is 0 Å². The third-order valence-electron chi connectivity index (χ3n) is 7.03. The molecular formula is C31H26F2N4O4. The number of ether oxygens (including phenoxy) is 2. The van der Waals surface area contributed by atoms with Crippen LogP contribution in [0, 0.1) is 11.6 Å². The van der Waals surface area contributed by atoms with Gasteiger partial charge < -0.3 is 14.4 Å². The van der Waals surface area contributed by atoms with Gasteiger partial charge in [-0.2, -0.15) is 5.10 Å². The molecule has 0 saturated carbocycles. The van der Waals surface area contributed by atoms with Gasteiger partial charge in [-0.15, -0.1) is 0 Å². The first kappa shape index (κ1) is 26.4. The SMILES string of the molecule is C[C@@H]1CN(c2cc3[nH]ncc3cc2Oc2ccc(CC(=O)c3cccn(-c4ccc(F)cc4)c3=O)cc2F)CCO1. The smallest absolute Gasteiger partial charge is 0.265 e. The summed E-state index contributed by atoms with van der Waals surface area (Å²) < 4.78 is 41.6. The van der Waals surface area contributed by atoms with Crippen LogP contribution in [-0.4, -0.2) is 46.3 Å². The minimum Gasteiger partial charge on any atom is -0.452 e. The molecule has 3 heterocycles. The van der Waals surface area contributed by atoms with Crippen molar-refractivity contribution in [3.63, 3.8) is 0 Å². The number of hydrogen-bond donors (Lipinski definition) is 1. The maximum Gasteiger partial charge on any atom is 0.265 e. The summed E-state index contributed by atoms with van der Waals surface area (Å²) >= 11 is 0. The number of hydrogen-bond acceptors (Lipinski definition) is 6. The minimum atomic E-state index is -0.638. The van der Waals surface area contributed by atoms with Crippen molar-refractivity contribution in [3.8, 4) is 17.2 Å². The highest BCUT2D eigenvalue weighted by molar-refractivity contribution is 5.97. The van der Waals surface area contributed by atoms with Crippen molar-refractivity contribution in [1.82, 2.24) is 14.8 Å². The molecule has 1 N–H and O–H groups in total. The molecule has 1 saturated heterocycles. The van der Waals surface area contributed by atoms with Crippen molar-refractivity contribution in [2.24, 2.45) is 0 Å². The fourth-order valence-corrected chi connectivity index (χ4v) is 4.97. The summed E-state index contributed by atoms with van der Waals surface area (Å²) in [4.78, 5) is 28.2. The highest BCUT2D eigenvalue weighted by atomic mass is 19.1. The summed E-state index contributed by atoms with van der Waals surface area (Å²) in [6.07, 6.45) is 3.03. The average Bonchev–Trinajstić information content (AvgIpc) is 3.42. The quantitative estimate of drug-likeness (QED) is 0.269. The van der Waals surface area contributed by atoms with E-state index < -0.39 is 23.0 Å². The summed E-state index contributed by atoms with van der Waals surface area (Å²) in [6, 6.07) is 16.4. The predicted octanol–water partition coefficient (Wildman–Crippen LogP) is 5.43. The summed E-state index contributed by atoms with van der Waals surface area (Å²) in [5, 5.41) is 7.88. The summed E-state index contributed by atoms with van der Waals surface area (Å²) in [7, 11) is 0. The zero-order chi connectivity index (χ0) is 28.5. The van der Waals surface area contributed by atoms with Crippen LogP contribution in [0.1, 0.15) is 22.8 Å². The molecule has 41 heavy (non-hydrogen) atoms. The molecule has 0 spiro atoms. The second-order valence-electron chi connectivity index (χ2n) is 9.94. The van der Waals surface area contributed by atoms with Gasteiger partial charge in [-0.1, -0.05) is 6.07 Å². The van der Waals surface area contributed by atoms with Crippen LogP contribution < -0.4 is 15.2 Å². The number of morpholine rings is 1. The number of nitrogens with zero attached hydrogens (tertiary/aromatic N) is 3. The van der Waals surface area contributed by atoms with Gasteiger partial charge in [0.15, 0.2) is 23.1 Å². The monoisotopic (exact) mass is 556 g/mol. The van der Waals surface area contributed by atoms with Crippen LogP contribution in [-0.2, 0) is 11.2 Å². The van der Waals surface area contributed by atoms with Gasteiger partial charge in [-0.3, -0.25) is 19.3 Å². The van der Waals surface area contributed by atoms with E-state index in [0.29, 0.717) is 36.7 Å². The predicted molar refractivity (Wildman–Crippen MR) is 150 cm³/mol. The van der Waals surface area contributed by atoms with E-state index in [-0.39, 0.29) is 23.8 Å². The number of aromatic nitrogens is 3. The standard InChI is InChI=1S/C31H26F2N4O4/c1-19-18-36(11-12-40-19)27-16-26-21(17-34-35-26)15-30(27)41-29-9-4-20(13-25(29)33)14-28(38)24-3-2-10-37(31(24)39)23-7-5-22(32)6-8-23/h2-10,13,15-17,19H,11-12,14,18H2,1H3,(H,34,35)/t19-/m1/s1. The molecule has 8 nitrogen and oxygen atoms in total. The van der Waals surface area contributed by atoms with Gasteiger partial charge in [0, 0.05) is 36.8 Å². The van der Waals surface area contributed by atoms with Crippen molar-refractivity contribution >= 4 is 22.4 Å². The van der Waals surface area contributed by atoms with Crippen molar-refractivity contribution in [1.29, 1.82) is 0 Å². The number of fused-ring (bicyclic) bond motifs is 1. The highest BCUT2D eigenvalue weighted by Crippen LogP contribution is 2.37. The van der Waals surface area contributed by atoms with Gasteiger partial charge >= 0.3 is 0 Å². The summed E-state index contributed by atoms with van der Waals surface area (Å²) in [6.45, 7) is 3.87. The van der Waals surface area contributed by atoms with E-state index in [9.17, 15) is 14.0 Å². The van der Waals surface area contributed by atoms with Gasteiger partial charge in [0.1, 0.15) is 5.82 Å². The summed E-state index contributed by atoms with van der Waals surface area (Å²) in [5.74, 6) is -1.06. The zero-order valence-corrected chi connectivity index (χ0v) is 22.1. The maximum atomic E-state index is 15.3. The number of anilines is 1. The van der Waals surface area contributed by atoms with Crippen molar-refractivity contribution in [3.05, 3.63) is 112 Å². The number of pyridine rings is 1. The van der Waals surface area contributed by atoms with Gasteiger partial charge in [-0.25, -0.2) is 8.78 Å². The van der Waals surface area contributed by atoms with Crippen molar-refractivity contribution in [2.75, 3.05) is 24.6 Å². The number of carbonyl (C=O) groups excluding carboxylic acids is 1. The van der Waals surface area contributed by atoms with E-state index in [4.69, 9.17) is 9.47 Å². The number of aromatic amines is 1. The first-order valence-corrected chi connectivity index (χ1v) is 13.2. The molecule has 0 radical (unpaired) electrons. The average molecular weight is 557 g/mol. The number of halogens is 2. The Kier molecular flexibility index (Phi) is 7.07. The first-order chi connectivity index (χ1) is 19.9. The van der Waals surface area contributed by atoms with E-state index in [1.165, 1.54) is 53.2 Å². The number of nitrogens with one attached hydrogen (secondary N) is 1. The zero-order valence-electron chi connectivity index (χ0n) is 22.1. The van der Waals surface area contributed by atoms with E-state index in [1.54, 1.807) is 18.3 Å². The number of benzene rings is 3. The molecule has 5 aromatic rings. The topological polar surface area (TPSA) is 89.5 Å². The van der Waals surface area contributed by atoms with Gasteiger partial charge in [0.25, 0.3) is 5.56 Å². The van der Waals surface area contributed by atoms with Gasteiger partial charge in [-0.05, 0) is 73.2 Å². The lowest BCUT2D eigenvalue weighted by atomic mass is 10.0. The molecule has 0 amide bonds. The normalized spacial score (nSPS) is 15.3. The Hall–Kier alpha value is -4.83. The second kappa shape index (κ2) is 11.0. The highest BCUT2D eigenvalue weighted by Gasteiger charge is 2.22. The molecule has 0 unspecified atom stereocenters. The Morgan fingerprint density at radius 2 is 1.93 bits per heavy atom. The van der Waals surface area contributed by atoms with Crippen LogP contribution in [0.25, 0.3) is 16.6 Å². The van der Waals surface area contributed by atoms with Crippen LogP contribution >= 0.6 is 0 Å². The Balaban J connectivity index is 1.24. The number of rotatable bonds is 7. The Bertz CT molecular complexity index is 1800. The molecule has 1 aliphatic rings. The molecule has 208 valence electrons. The second-order valence-corrected chi connectivity index (χ2v) is 9.94. The molecule has 3 aromatic carbocycles. The third kappa shape index (κ3) is 5.46. The Labute approximate surface area is 233 Å². The minimum absolute atomic E-state index is 0.00461. The van der Waals surface area contributed by atoms with Crippen LogP contribution in [0.2, 0.25) is 0 Å². The number of H-pyrrole nitrogens is 1. The lowest BCUT2D eigenvalue weighted by molar-refractivity contribution is 0.0531. The lowest BCUT2D eigenvalue weighted by Crippen LogP contribution is -2.41. The fourth-order valence-electron chi connectivity index (χ4n) is 4.97. The third-order valence-corrected chi connectivity index (χ3v) is 7.03. The van der Waals surface area contributed by atoms with Crippen molar-refractivity contribution in [2.45, 2.75) is 19.4 Å². The maximum absolute atomic E-state index is 15.3. The molecule has 0 aliphatic carbocycles. The number of ketones is 1. The van der Waals surface area contributed by atoms with Gasteiger partial charge in [0.05, 0.1) is 35.7 Å². The molecule has 6 rings (SSSR count). The van der Waals surface area contributed by atoms with E-state index in [1.807, 2.05) is 19.1 Å². The molecule has 0 bridgehead atoms. The molecule has 1 aliphatic heterocycles. The van der Waals surface area contributed by atoms with Crippen LogP contribution in [0.5, 0.6) is 11.5 Å². The van der Waals surface area contributed by atoms with Crippen LogP contribution in [0.15, 0.2) is 83.9 Å². The number of Topliss-reactive ketones (excluding diaryl/α,β-unsaturated/α-hetero) is 1. The fraction of sp³-hybridized carbons (Fsp3) is 0.194. The van der Waals surface area contributed by atoms with E-state index in [0.717, 1.165) is 16.6 Å². The number of carbonyl (C=O) groups is 1. The molecule has 1 atom stereocenters. The molecule has 1 fully saturated rings. The van der Waals surface area contributed by atoms with E-state index >= 15 is 4.39 Å². The lowest BCUT2D eigenvalue weighted by Gasteiger charge is -2.33. The molecular weight excluding hydrogens is 530 g/mol. The first-order valence-electron chi connectivity index (χ1n) is 13.2. The summed E-state index contributed by atoms with van der Waals surface area (Å²) in [5.41, 5.74) is 1.86. The van der Waals surface area contributed by atoms with E-state index in [2.05, 4.69) is 15.1 Å². The van der Waals surface area contributed by atoms with Crippen molar-refractivity contribution < 1.29 is 23.0 Å². The largest absolute Gasteiger partial charge is 0.452 e. The van der Waals surface area contributed by atoms with Gasteiger partial charge in [0.2, 0.25) is 0 Å². The van der Waals surface area contributed by atoms with Crippen LogP contribution in [0.4, 0.5) is 14.5 Å². The Morgan fingerprint density at radius 3 is 2.71 bits per heavy atom.